The van der Waals surface area contributed by atoms with E-state index in [0.717, 1.165) is 26.1 Å². The number of likely N-dealkylation sites (tertiary alicyclic amines) is 1. The molecule has 0 unspecified atom stereocenters. The van der Waals surface area contributed by atoms with Crippen molar-refractivity contribution in [1.82, 2.24) is 4.90 Å². The van der Waals surface area contributed by atoms with Crippen LogP contribution >= 0.6 is 0 Å². The Hall–Kier alpha value is -0.830. The molecule has 1 fully saturated rings. The normalized spacial score (nSPS) is 24.8. The summed E-state index contributed by atoms with van der Waals surface area (Å²) in [6.07, 6.45) is 4.82. The van der Waals surface area contributed by atoms with Gasteiger partial charge in [-0.2, -0.15) is 0 Å². The van der Waals surface area contributed by atoms with Crippen LogP contribution in [-0.2, 0) is 0 Å². The molecule has 60 valence electrons. The number of rotatable bonds is 1. The Morgan fingerprint density at radius 2 is 2.36 bits per heavy atom. The van der Waals surface area contributed by atoms with Crippen LogP contribution in [0.3, 0.4) is 0 Å². The topological polar surface area (TPSA) is 35.8 Å². The highest BCUT2D eigenvalue weighted by atomic mass is 16.3. The zero-order valence-electron chi connectivity index (χ0n) is 6.40. The first-order valence-corrected chi connectivity index (χ1v) is 3.98. The Morgan fingerprint density at radius 3 is 2.91 bits per heavy atom. The number of aliphatic hydroxyl groups is 1. The second kappa shape index (κ2) is 2.66. The molecule has 0 saturated carbocycles. The van der Waals surface area contributed by atoms with Crippen molar-refractivity contribution < 1.29 is 5.11 Å². The number of β-amino-alcohol motifs (C(OH)–C–C–N with tert-alkyl or cyclic N) is 1. The molecule has 0 radical (unpaired) electrons. The van der Waals surface area contributed by atoms with Crippen molar-refractivity contribution in [3.8, 4) is 0 Å². The maximum absolute atomic E-state index is 9.05. The number of aliphatic imine (C=N–C) groups is 1. The molecule has 0 aliphatic carbocycles. The van der Waals surface area contributed by atoms with Gasteiger partial charge in [0.25, 0.3) is 0 Å². The number of dihydropyridines is 1. The van der Waals surface area contributed by atoms with Crippen LogP contribution in [0.2, 0.25) is 0 Å². The quantitative estimate of drug-likeness (QED) is 0.575. The van der Waals surface area contributed by atoms with Crippen LogP contribution in [0, 0.1) is 0 Å². The van der Waals surface area contributed by atoms with Crippen molar-refractivity contribution >= 4 is 6.21 Å². The van der Waals surface area contributed by atoms with Crippen molar-refractivity contribution in [2.24, 2.45) is 4.99 Å². The molecule has 2 rings (SSSR count). The summed E-state index contributed by atoms with van der Waals surface area (Å²) in [5.74, 6) is 0. The minimum absolute atomic E-state index is 0.102. The Balaban J connectivity index is 1.95. The number of allylic oxidation sites excluding steroid dienone is 1. The molecule has 3 heteroatoms. The van der Waals surface area contributed by atoms with Gasteiger partial charge in [-0.1, -0.05) is 0 Å². The molecule has 3 nitrogen and oxygen atoms in total. The predicted molar refractivity (Wildman–Crippen MR) is 43.6 cm³/mol. The zero-order valence-corrected chi connectivity index (χ0v) is 6.40. The lowest BCUT2D eigenvalue weighted by Gasteiger charge is -2.39. The third kappa shape index (κ3) is 1.28. The van der Waals surface area contributed by atoms with Gasteiger partial charge in [0.05, 0.1) is 6.10 Å². The fourth-order valence-corrected chi connectivity index (χ4v) is 1.43. The molecule has 1 N–H and O–H groups in total. The monoisotopic (exact) mass is 152 g/mol. The van der Waals surface area contributed by atoms with E-state index in [9.17, 15) is 0 Å². The summed E-state index contributed by atoms with van der Waals surface area (Å²) in [6, 6.07) is 0. The molecule has 0 spiro atoms. The van der Waals surface area contributed by atoms with Gasteiger partial charge in [-0.25, -0.2) is 0 Å². The van der Waals surface area contributed by atoms with Crippen LogP contribution in [0.5, 0.6) is 0 Å². The third-order valence-corrected chi connectivity index (χ3v) is 2.14. The van der Waals surface area contributed by atoms with E-state index in [1.807, 2.05) is 12.3 Å². The minimum atomic E-state index is -0.102. The number of hydrogen-bond acceptors (Lipinski definition) is 3. The van der Waals surface area contributed by atoms with Crippen molar-refractivity contribution in [2.75, 3.05) is 19.6 Å². The molecule has 2 heterocycles. The molecule has 1 saturated heterocycles. The van der Waals surface area contributed by atoms with E-state index in [4.69, 9.17) is 5.11 Å². The third-order valence-electron chi connectivity index (χ3n) is 2.14. The summed E-state index contributed by atoms with van der Waals surface area (Å²) in [7, 11) is 0. The average Bonchev–Trinajstić information content (AvgIpc) is 2.01. The van der Waals surface area contributed by atoms with Gasteiger partial charge < -0.3 is 10.0 Å². The highest BCUT2D eigenvalue weighted by Crippen LogP contribution is 2.18. The molecule has 2 aliphatic heterocycles. The fourth-order valence-electron chi connectivity index (χ4n) is 1.43. The van der Waals surface area contributed by atoms with E-state index < -0.39 is 0 Å². The second-order valence-electron chi connectivity index (χ2n) is 3.02. The Bertz CT molecular complexity index is 204. The first-order valence-electron chi connectivity index (χ1n) is 3.98. The fraction of sp³-hybridized carbons (Fsp3) is 0.625. The van der Waals surface area contributed by atoms with E-state index in [2.05, 4.69) is 9.89 Å². The summed E-state index contributed by atoms with van der Waals surface area (Å²) >= 11 is 0. The SMILES string of the molecule is OC1CN(C2=CC=NCC2)C1. The van der Waals surface area contributed by atoms with E-state index in [0.29, 0.717) is 0 Å². The Kier molecular flexibility index (Phi) is 1.66. The first-order chi connectivity index (χ1) is 5.36. The number of hydrogen-bond donors (Lipinski definition) is 1. The molecule has 0 bridgehead atoms. The number of nitrogens with zero attached hydrogens (tertiary/aromatic N) is 2. The molecule has 0 aromatic carbocycles. The van der Waals surface area contributed by atoms with Gasteiger partial charge in [0.15, 0.2) is 0 Å². The Labute approximate surface area is 66.0 Å². The van der Waals surface area contributed by atoms with Crippen molar-refractivity contribution in [2.45, 2.75) is 12.5 Å². The molecule has 2 aliphatic rings. The lowest BCUT2D eigenvalue weighted by molar-refractivity contribution is 0.0226. The van der Waals surface area contributed by atoms with E-state index >= 15 is 0 Å². The van der Waals surface area contributed by atoms with E-state index in [-0.39, 0.29) is 6.10 Å². The van der Waals surface area contributed by atoms with Crippen LogP contribution in [0.1, 0.15) is 6.42 Å². The van der Waals surface area contributed by atoms with Crippen LogP contribution in [0.25, 0.3) is 0 Å². The van der Waals surface area contributed by atoms with Gasteiger partial charge in [-0.05, 0) is 6.08 Å². The van der Waals surface area contributed by atoms with Gasteiger partial charge in [-0.15, -0.1) is 0 Å². The molecule has 0 atom stereocenters. The van der Waals surface area contributed by atoms with E-state index in [1.165, 1.54) is 5.70 Å². The summed E-state index contributed by atoms with van der Waals surface area (Å²) in [5.41, 5.74) is 1.32. The van der Waals surface area contributed by atoms with Gasteiger partial charge in [-0.3, -0.25) is 4.99 Å². The molecule has 11 heavy (non-hydrogen) atoms. The second-order valence-corrected chi connectivity index (χ2v) is 3.02. The average molecular weight is 152 g/mol. The highest BCUT2D eigenvalue weighted by Gasteiger charge is 2.25. The first kappa shape index (κ1) is 6.85. The largest absolute Gasteiger partial charge is 0.389 e. The molecule has 0 amide bonds. The Morgan fingerprint density at radius 1 is 1.55 bits per heavy atom. The number of aliphatic hydroxyl groups excluding tert-OH is 1. The molecule has 0 aromatic heterocycles. The van der Waals surface area contributed by atoms with Crippen LogP contribution in [-0.4, -0.2) is 42.0 Å². The maximum Gasteiger partial charge on any atom is 0.0889 e. The van der Waals surface area contributed by atoms with Crippen molar-refractivity contribution in [3.05, 3.63) is 11.8 Å². The molecule has 0 aromatic rings. The van der Waals surface area contributed by atoms with Gasteiger partial charge >= 0.3 is 0 Å². The zero-order chi connectivity index (χ0) is 7.68. The van der Waals surface area contributed by atoms with Gasteiger partial charge in [0, 0.05) is 38.0 Å². The predicted octanol–water partition coefficient (Wildman–Crippen LogP) is 0.0213. The van der Waals surface area contributed by atoms with Gasteiger partial charge in [0.2, 0.25) is 0 Å². The summed E-state index contributed by atoms with van der Waals surface area (Å²) in [4.78, 5) is 6.30. The van der Waals surface area contributed by atoms with Crippen molar-refractivity contribution in [3.63, 3.8) is 0 Å². The lowest BCUT2D eigenvalue weighted by atomic mass is 10.1. The summed E-state index contributed by atoms with van der Waals surface area (Å²) in [6.45, 7) is 2.51. The van der Waals surface area contributed by atoms with Crippen LogP contribution in [0.15, 0.2) is 16.8 Å². The van der Waals surface area contributed by atoms with Crippen LogP contribution in [0.4, 0.5) is 0 Å². The highest BCUT2D eigenvalue weighted by molar-refractivity contribution is 5.73. The standard InChI is InChI=1S/C8H12N2O/c11-8-5-10(6-8)7-1-3-9-4-2-7/h1,3,8,11H,2,4-6H2. The molecular formula is C8H12N2O. The minimum Gasteiger partial charge on any atom is -0.389 e. The summed E-state index contributed by atoms with van der Waals surface area (Å²) in [5, 5.41) is 9.05. The summed E-state index contributed by atoms with van der Waals surface area (Å²) < 4.78 is 0. The van der Waals surface area contributed by atoms with Crippen molar-refractivity contribution in [1.29, 1.82) is 0 Å². The van der Waals surface area contributed by atoms with Gasteiger partial charge in [0.1, 0.15) is 0 Å². The van der Waals surface area contributed by atoms with E-state index in [1.54, 1.807) is 0 Å². The lowest BCUT2D eigenvalue weighted by Crippen LogP contribution is -2.50. The van der Waals surface area contributed by atoms with Crippen LogP contribution < -0.4 is 0 Å². The maximum atomic E-state index is 9.05. The smallest absolute Gasteiger partial charge is 0.0889 e. The molecular weight excluding hydrogens is 140 g/mol.